The molecule has 0 aliphatic rings. The summed E-state index contributed by atoms with van der Waals surface area (Å²) in [4.78, 5) is 14.4. The van der Waals surface area contributed by atoms with Crippen LogP contribution in [0.15, 0.2) is 23.4 Å². The Labute approximate surface area is 68.5 Å². The third kappa shape index (κ3) is 1.94. The van der Waals surface area contributed by atoms with Crippen LogP contribution in [0.5, 0.6) is 0 Å². The average molecular weight is 169 g/mol. The molecule has 0 amide bonds. The highest BCUT2D eigenvalue weighted by Crippen LogP contribution is 2.11. The fraction of sp³-hybridized carbons (Fsp3) is 0.143. The van der Waals surface area contributed by atoms with Crippen molar-refractivity contribution in [2.45, 2.75) is 5.03 Å². The molecule has 1 aromatic rings. The Morgan fingerprint density at radius 1 is 1.73 bits per heavy atom. The molecular weight excluding hydrogens is 162 g/mol. The minimum atomic E-state index is -0.914. The molecule has 0 aromatic carbocycles. The van der Waals surface area contributed by atoms with Gasteiger partial charge in [-0.3, -0.25) is 0 Å². The number of aromatic nitrogens is 1. The van der Waals surface area contributed by atoms with Crippen molar-refractivity contribution in [2.75, 3.05) is 6.26 Å². The van der Waals surface area contributed by atoms with Crippen molar-refractivity contribution >= 4 is 17.7 Å². The maximum atomic E-state index is 10.4. The summed E-state index contributed by atoms with van der Waals surface area (Å²) in [7, 11) is 0. The van der Waals surface area contributed by atoms with Crippen molar-refractivity contribution in [3.05, 3.63) is 23.9 Å². The number of rotatable bonds is 2. The van der Waals surface area contributed by atoms with Gasteiger partial charge in [-0.2, -0.15) is 0 Å². The van der Waals surface area contributed by atoms with Gasteiger partial charge in [0.2, 0.25) is 0 Å². The molecule has 0 saturated heterocycles. The van der Waals surface area contributed by atoms with Crippen LogP contribution in [0.2, 0.25) is 0 Å². The van der Waals surface area contributed by atoms with Crippen molar-refractivity contribution in [3.8, 4) is 0 Å². The van der Waals surface area contributed by atoms with Crippen LogP contribution in [0.4, 0.5) is 0 Å². The fourth-order valence-corrected chi connectivity index (χ4v) is 1.07. The molecule has 11 heavy (non-hydrogen) atoms. The molecule has 0 atom stereocenters. The normalized spacial score (nSPS) is 9.55. The lowest BCUT2D eigenvalue weighted by Crippen LogP contribution is -1.96. The van der Waals surface area contributed by atoms with Gasteiger partial charge in [-0.25, -0.2) is 9.78 Å². The van der Waals surface area contributed by atoms with E-state index in [0.29, 0.717) is 0 Å². The second kappa shape index (κ2) is 3.39. The third-order valence-corrected chi connectivity index (χ3v) is 1.83. The molecule has 3 nitrogen and oxygen atoms in total. The fourth-order valence-electron chi connectivity index (χ4n) is 0.654. The molecule has 1 N–H and O–H groups in total. The smallest absolute Gasteiger partial charge is 0.335 e. The highest BCUT2D eigenvalue weighted by atomic mass is 32.2. The number of nitrogens with zero attached hydrogens (tertiary/aromatic N) is 1. The van der Waals surface area contributed by atoms with E-state index in [1.54, 1.807) is 6.07 Å². The minimum absolute atomic E-state index is 0.282. The van der Waals surface area contributed by atoms with Crippen molar-refractivity contribution in [3.63, 3.8) is 0 Å². The standard InChI is InChI=1S/C7H7NO2S/c1-11-6-4-5(7(9)10)2-3-8-6/h2-4H,1H3,(H,9,10). The van der Waals surface area contributed by atoms with Gasteiger partial charge in [-0.15, -0.1) is 11.8 Å². The number of hydrogen-bond acceptors (Lipinski definition) is 3. The maximum Gasteiger partial charge on any atom is 0.335 e. The lowest BCUT2D eigenvalue weighted by atomic mass is 10.3. The first-order valence-electron chi connectivity index (χ1n) is 2.97. The molecule has 0 bridgehead atoms. The first-order chi connectivity index (χ1) is 5.24. The van der Waals surface area contributed by atoms with Gasteiger partial charge in [-0.1, -0.05) is 0 Å². The molecule has 0 radical (unpaired) electrons. The van der Waals surface area contributed by atoms with Gasteiger partial charge in [0.1, 0.15) is 0 Å². The number of carboxylic acids is 1. The molecule has 1 rings (SSSR count). The number of aromatic carboxylic acids is 1. The molecule has 1 aromatic heterocycles. The zero-order chi connectivity index (χ0) is 8.27. The molecule has 0 aliphatic carbocycles. The van der Waals surface area contributed by atoms with E-state index in [2.05, 4.69) is 4.98 Å². The molecule has 1 heterocycles. The van der Waals surface area contributed by atoms with Crippen LogP contribution in [0, 0.1) is 0 Å². The Hall–Kier alpha value is -1.03. The summed E-state index contributed by atoms with van der Waals surface area (Å²) in [6.45, 7) is 0. The molecule has 0 spiro atoms. The van der Waals surface area contributed by atoms with Gasteiger partial charge >= 0.3 is 5.97 Å². The summed E-state index contributed by atoms with van der Waals surface area (Å²) in [6.07, 6.45) is 3.35. The summed E-state index contributed by atoms with van der Waals surface area (Å²) < 4.78 is 0. The van der Waals surface area contributed by atoms with Crippen LogP contribution in [0.3, 0.4) is 0 Å². The van der Waals surface area contributed by atoms with E-state index in [1.807, 2.05) is 6.26 Å². The Bertz CT molecular complexity index is 275. The van der Waals surface area contributed by atoms with Gasteiger partial charge in [0.15, 0.2) is 0 Å². The van der Waals surface area contributed by atoms with E-state index in [0.717, 1.165) is 5.03 Å². The third-order valence-electron chi connectivity index (χ3n) is 1.19. The summed E-state index contributed by atoms with van der Waals surface area (Å²) in [5, 5.41) is 9.29. The molecule has 4 heteroatoms. The Kier molecular flexibility index (Phi) is 2.48. The highest BCUT2D eigenvalue weighted by Gasteiger charge is 2.02. The van der Waals surface area contributed by atoms with Gasteiger partial charge < -0.3 is 5.11 Å². The minimum Gasteiger partial charge on any atom is -0.478 e. The lowest BCUT2D eigenvalue weighted by molar-refractivity contribution is 0.0696. The van der Waals surface area contributed by atoms with Crippen LogP contribution < -0.4 is 0 Å². The van der Waals surface area contributed by atoms with E-state index in [4.69, 9.17) is 5.11 Å². The Morgan fingerprint density at radius 2 is 2.45 bits per heavy atom. The van der Waals surface area contributed by atoms with Crippen LogP contribution in [-0.4, -0.2) is 22.3 Å². The predicted octanol–water partition coefficient (Wildman–Crippen LogP) is 1.50. The molecule has 0 saturated carbocycles. The zero-order valence-corrected chi connectivity index (χ0v) is 6.76. The lowest BCUT2D eigenvalue weighted by Gasteiger charge is -1.95. The van der Waals surface area contributed by atoms with E-state index >= 15 is 0 Å². The molecule has 0 aliphatic heterocycles. The Morgan fingerprint density at radius 3 is 3.00 bits per heavy atom. The zero-order valence-electron chi connectivity index (χ0n) is 5.94. The first kappa shape index (κ1) is 8.07. The van der Waals surface area contributed by atoms with Crippen molar-refractivity contribution in [2.24, 2.45) is 0 Å². The largest absolute Gasteiger partial charge is 0.478 e. The summed E-state index contributed by atoms with van der Waals surface area (Å²) in [5.74, 6) is -0.914. The van der Waals surface area contributed by atoms with E-state index in [1.165, 1.54) is 24.0 Å². The topological polar surface area (TPSA) is 50.2 Å². The average Bonchev–Trinajstić information content (AvgIpc) is 2.05. The quantitative estimate of drug-likeness (QED) is 0.681. The Balaban J connectivity index is 3.01. The molecule has 58 valence electrons. The van der Waals surface area contributed by atoms with E-state index in [-0.39, 0.29) is 5.56 Å². The first-order valence-corrected chi connectivity index (χ1v) is 4.20. The second-order valence-electron chi connectivity index (χ2n) is 1.89. The van der Waals surface area contributed by atoms with Gasteiger partial charge in [-0.05, 0) is 18.4 Å². The van der Waals surface area contributed by atoms with Gasteiger partial charge in [0.25, 0.3) is 0 Å². The van der Waals surface area contributed by atoms with Crippen molar-refractivity contribution < 1.29 is 9.90 Å². The molecule has 0 fully saturated rings. The van der Waals surface area contributed by atoms with Crippen LogP contribution >= 0.6 is 11.8 Å². The van der Waals surface area contributed by atoms with Crippen molar-refractivity contribution in [1.82, 2.24) is 4.98 Å². The predicted molar refractivity (Wildman–Crippen MR) is 43.0 cm³/mol. The second-order valence-corrected chi connectivity index (χ2v) is 2.72. The number of hydrogen-bond donors (Lipinski definition) is 1. The summed E-state index contributed by atoms with van der Waals surface area (Å²) in [6, 6.07) is 3.02. The number of carboxylic acid groups (broad SMARTS) is 1. The van der Waals surface area contributed by atoms with Gasteiger partial charge in [0.05, 0.1) is 10.6 Å². The number of carbonyl (C=O) groups is 1. The van der Waals surface area contributed by atoms with Crippen LogP contribution in [-0.2, 0) is 0 Å². The maximum absolute atomic E-state index is 10.4. The summed E-state index contributed by atoms with van der Waals surface area (Å²) in [5.41, 5.74) is 0.282. The van der Waals surface area contributed by atoms with E-state index in [9.17, 15) is 4.79 Å². The SMILES string of the molecule is CSc1cc(C(=O)O)ccn1. The molecular formula is C7H7NO2S. The highest BCUT2D eigenvalue weighted by molar-refractivity contribution is 7.98. The van der Waals surface area contributed by atoms with Crippen LogP contribution in [0.1, 0.15) is 10.4 Å². The summed E-state index contributed by atoms with van der Waals surface area (Å²) >= 11 is 1.43. The van der Waals surface area contributed by atoms with Crippen LogP contribution in [0.25, 0.3) is 0 Å². The monoisotopic (exact) mass is 169 g/mol. The number of pyridine rings is 1. The van der Waals surface area contributed by atoms with Gasteiger partial charge in [0, 0.05) is 6.20 Å². The van der Waals surface area contributed by atoms with Crippen molar-refractivity contribution in [1.29, 1.82) is 0 Å². The number of thioether (sulfide) groups is 1. The van der Waals surface area contributed by atoms with E-state index < -0.39 is 5.97 Å². The molecule has 0 unspecified atom stereocenters.